The van der Waals surface area contributed by atoms with Crippen molar-refractivity contribution in [1.82, 2.24) is 5.32 Å². The quantitative estimate of drug-likeness (QED) is 0.647. The maximum atomic E-state index is 13.5. The second-order valence-corrected chi connectivity index (χ2v) is 5.40. The molecule has 8 heteroatoms. The molecule has 0 radical (unpaired) electrons. The molecule has 2 aliphatic rings. The average molecular weight is 310 g/mol. The van der Waals surface area contributed by atoms with Crippen molar-refractivity contribution < 1.29 is 23.6 Å². The van der Waals surface area contributed by atoms with E-state index in [1.165, 1.54) is 12.1 Å². The van der Waals surface area contributed by atoms with Crippen LogP contribution < -0.4 is 10.1 Å². The van der Waals surface area contributed by atoms with Crippen molar-refractivity contribution in [3.05, 3.63) is 39.2 Å². The van der Waals surface area contributed by atoms with Crippen molar-refractivity contribution in [1.29, 1.82) is 0 Å². The van der Waals surface area contributed by atoms with Gasteiger partial charge in [-0.2, -0.15) is 0 Å². The molecule has 1 N–H and O–H groups in total. The predicted molar refractivity (Wildman–Crippen MR) is 72.3 cm³/mol. The minimum Gasteiger partial charge on any atom is -0.467 e. The second-order valence-electron chi connectivity index (χ2n) is 5.40. The van der Waals surface area contributed by atoms with Gasteiger partial charge in [-0.3, -0.25) is 14.9 Å². The zero-order valence-corrected chi connectivity index (χ0v) is 11.7. The third-order valence-corrected chi connectivity index (χ3v) is 3.81. The summed E-state index contributed by atoms with van der Waals surface area (Å²) in [6.45, 7) is 0.684. The van der Waals surface area contributed by atoms with E-state index in [0.717, 1.165) is 0 Å². The summed E-state index contributed by atoms with van der Waals surface area (Å²) in [5, 5.41) is 13.2. The first-order chi connectivity index (χ1) is 10.6. The molecule has 118 valence electrons. The molecule has 1 heterocycles. The number of carbonyl (C=O) groups is 1. The van der Waals surface area contributed by atoms with E-state index in [4.69, 9.17) is 9.47 Å². The van der Waals surface area contributed by atoms with Gasteiger partial charge in [0.1, 0.15) is 17.5 Å². The molecule has 2 atom stereocenters. The lowest BCUT2D eigenvalue weighted by Gasteiger charge is -2.20. The first-order valence-electron chi connectivity index (χ1n) is 6.99. The summed E-state index contributed by atoms with van der Waals surface area (Å²) in [4.78, 5) is 21.8. The fourth-order valence-electron chi connectivity index (χ4n) is 2.59. The molecule has 0 aromatic heterocycles. The Morgan fingerprint density at radius 2 is 2.32 bits per heavy atom. The van der Waals surface area contributed by atoms with E-state index in [0.29, 0.717) is 29.9 Å². The maximum Gasteiger partial charge on any atom is 0.230 e. The third-order valence-electron chi connectivity index (χ3n) is 3.81. The van der Waals surface area contributed by atoms with E-state index in [-0.39, 0.29) is 31.5 Å². The summed E-state index contributed by atoms with van der Waals surface area (Å²) >= 11 is 0. The van der Waals surface area contributed by atoms with E-state index < -0.39 is 16.9 Å². The van der Waals surface area contributed by atoms with Gasteiger partial charge in [-0.15, -0.1) is 0 Å². The summed E-state index contributed by atoms with van der Waals surface area (Å²) in [7, 11) is 0. The molecule has 1 aliphatic heterocycles. The Labute approximate surface area is 125 Å². The number of nitro groups is 1. The summed E-state index contributed by atoms with van der Waals surface area (Å²) < 4.78 is 24.0. The van der Waals surface area contributed by atoms with Crippen LogP contribution in [0, 0.1) is 21.8 Å². The van der Waals surface area contributed by atoms with Crippen LogP contribution in [-0.2, 0) is 22.6 Å². The Balaban J connectivity index is 1.57. The van der Waals surface area contributed by atoms with Gasteiger partial charge in [0.2, 0.25) is 11.9 Å². The van der Waals surface area contributed by atoms with Crippen LogP contribution in [0.5, 0.6) is 5.75 Å². The molecule has 0 saturated heterocycles. The van der Waals surface area contributed by atoms with Gasteiger partial charge in [0.05, 0.1) is 6.61 Å². The highest BCUT2D eigenvalue weighted by Crippen LogP contribution is 2.33. The van der Waals surface area contributed by atoms with Gasteiger partial charge in [-0.05, 0) is 24.1 Å². The third kappa shape index (κ3) is 3.01. The fraction of sp³-hybridized carbons (Fsp3) is 0.500. The monoisotopic (exact) mass is 310 g/mol. The Kier molecular flexibility index (Phi) is 3.93. The molecule has 1 amide bonds. The predicted octanol–water partition coefficient (Wildman–Crippen LogP) is 1.02. The highest BCUT2D eigenvalue weighted by molar-refractivity contribution is 5.81. The van der Waals surface area contributed by atoms with Crippen molar-refractivity contribution in [3.8, 4) is 5.75 Å². The van der Waals surface area contributed by atoms with Gasteiger partial charge in [0.15, 0.2) is 6.79 Å². The molecule has 1 saturated carbocycles. The molecule has 1 aromatic rings. The van der Waals surface area contributed by atoms with Gasteiger partial charge in [-0.1, -0.05) is 0 Å². The molecular formula is C14H15FN2O5. The van der Waals surface area contributed by atoms with E-state index in [1.54, 1.807) is 0 Å². The zero-order chi connectivity index (χ0) is 15.7. The Morgan fingerprint density at radius 1 is 1.50 bits per heavy atom. The molecule has 1 fully saturated rings. The second kappa shape index (κ2) is 5.88. The topological polar surface area (TPSA) is 90.7 Å². The van der Waals surface area contributed by atoms with E-state index in [1.807, 2.05) is 0 Å². The van der Waals surface area contributed by atoms with E-state index >= 15 is 0 Å². The van der Waals surface area contributed by atoms with Gasteiger partial charge in [0, 0.05) is 23.5 Å². The summed E-state index contributed by atoms with van der Waals surface area (Å²) in [6.07, 6.45) is 0.677. The number of carbonyl (C=O) groups excluding carboxylic acids is 1. The lowest BCUT2D eigenvalue weighted by molar-refractivity contribution is -0.497. The van der Waals surface area contributed by atoms with Crippen molar-refractivity contribution >= 4 is 5.91 Å². The molecule has 0 unspecified atom stereocenters. The van der Waals surface area contributed by atoms with E-state index in [9.17, 15) is 19.3 Å². The number of fused-ring (bicyclic) bond motifs is 1. The van der Waals surface area contributed by atoms with Crippen LogP contribution in [0.3, 0.4) is 0 Å². The highest BCUT2D eigenvalue weighted by atomic mass is 19.1. The highest BCUT2D eigenvalue weighted by Gasteiger charge is 2.53. The number of rotatable bonds is 5. The average Bonchev–Trinajstić information content (AvgIpc) is 3.27. The number of nitrogens with one attached hydrogen (secondary N) is 1. The molecule has 0 bridgehead atoms. The Morgan fingerprint density at radius 3 is 3.05 bits per heavy atom. The van der Waals surface area contributed by atoms with Crippen LogP contribution in [0.15, 0.2) is 12.1 Å². The fourth-order valence-corrected chi connectivity index (χ4v) is 2.59. The lowest BCUT2D eigenvalue weighted by Crippen LogP contribution is -2.29. The smallest absolute Gasteiger partial charge is 0.230 e. The molecular weight excluding hydrogens is 295 g/mol. The number of hydrogen-bond donors (Lipinski definition) is 1. The Bertz CT molecular complexity index is 621. The van der Waals surface area contributed by atoms with Crippen LogP contribution in [0.25, 0.3) is 0 Å². The molecule has 7 nitrogen and oxygen atoms in total. The number of benzene rings is 1. The molecule has 1 aliphatic carbocycles. The first kappa shape index (κ1) is 14.7. The number of hydrogen-bond acceptors (Lipinski definition) is 5. The minimum atomic E-state index is -0.762. The van der Waals surface area contributed by atoms with Crippen LogP contribution in [0.2, 0.25) is 0 Å². The number of nitrogens with zero attached hydrogens (tertiary/aromatic N) is 1. The lowest BCUT2D eigenvalue weighted by atomic mass is 10.1. The van der Waals surface area contributed by atoms with Crippen LogP contribution in [0.1, 0.15) is 17.5 Å². The van der Waals surface area contributed by atoms with Crippen molar-refractivity contribution in [2.75, 3.05) is 13.3 Å². The van der Waals surface area contributed by atoms with Gasteiger partial charge < -0.3 is 14.8 Å². The van der Waals surface area contributed by atoms with Crippen molar-refractivity contribution in [2.24, 2.45) is 5.92 Å². The van der Waals surface area contributed by atoms with Crippen LogP contribution in [-0.4, -0.2) is 30.2 Å². The minimum absolute atomic E-state index is 0.116. The Hall–Kier alpha value is -2.22. The summed E-state index contributed by atoms with van der Waals surface area (Å²) in [5.74, 6) is -0.654. The van der Waals surface area contributed by atoms with Crippen LogP contribution >= 0.6 is 0 Å². The summed E-state index contributed by atoms with van der Waals surface area (Å²) in [5.41, 5.74) is 1.29. The molecule has 22 heavy (non-hydrogen) atoms. The van der Waals surface area contributed by atoms with Gasteiger partial charge in [-0.25, -0.2) is 4.39 Å². The molecule has 0 spiro atoms. The van der Waals surface area contributed by atoms with Gasteiger partial charge in [0.25, 0.3) is 0 Å². The van der Waals surface area contributed by atoms with Crippen molar-refractivity contribution in [2.45, 2.75) is 25.5 Å². The number of amides is 1. The zero-order valence-electron chi connectivity index (χ0n) is 11.7. The number of halogens is 1. The standard InChI is InChI=1S/C14H15FN2O5/c15-10-3-8(13-9(4-10)6-21-7-22-13)1-2-16-14(18)11-5-12(11)17(19)20/h3-4,11-12H,1-2,5-7H2,(H,16,18)/t11-,12+/m1/s1. The van der Waals surface area contributed by atoms with Gasteiger partial charge >= 0.3 is 0 Å². The molecule has 1 aromatic carbocycles. The SMILES string of the molecule is O=C(NCCc1cc(F)cc2c1OCOC2)[C@@H]1C[C@@H]1[N+](=O)[O-]. The van der Waals surface area contributed by atoms with Crippen LogP contribution in [0.4, 0.5) is 4.39 Å². The maximum absolute atomic E-state index is 13.5. The largest absolute Gasteiger partial charge is 0.467 e. The summed E-state index contributed by atoms with van der Waals surface area (Å²) in [6, 6.07) is 1.97. The molecule has 3 rings (SSSR count). The van der Waals surface area contributed by atoms with Crippen molar-refractivity contribution in [3.63, 3.8) is 0 Å². The first-order valence-corrected chi connectivity index (χ1v) is 6.99. The van der Waals surface area contributed by atoms with E-state index in [2.05, 4.69) is 5.32 Å². The normalized spacial score (nSPS) is 22.4. The number of ether oxygens (including phenoxy) is 2.